The lowest BCUT2D eigenvalue weighted by Gasteiger charge is -2.40. The topological polar surface area (TPSA) is 426 Å². The average Bonchev–Trinajstić information content (AvgIpc) is 1.61. The fourth-order valence-corrected chi connectivity index (χ4v) is 17.9. The molecule has 13 atom stereocenters. The number of allylic oxidation sites excluding steroid dienone is 5. The first-order valence-electron chi connectivity index (χ1n) is 45.8. The van der Waals surface area contributed by atoms with Crippen molar-refractivity contribution in [3.05, 3.63) is 107 Å². The third-order valence-electron chi connectivity index (χ3n) is 25.3. The molecule has 5 aliphatic heterocycles. The number of oxazole rings is 1. The van der Waals surface area contributed by atoms with Crippen molar-refractivity contribution in [2.45, 2.75) is 230 Å². The average molecular weight is 1790 g/mol. The number of methoxy groups -OCH3 is 3. The molecule has 0 radical (unpaired) electrons. The summed E-state index contributed by atoms with van der Waals surface area (Å²) >= 11 is 0. The molecule has 1 unspecified atom stereocenters. The molecule has 8 N–H and O–H groups in total. The lowest BCUT2D eigenvalue weighted by molar-refractivity contribution is -0.245. The highest BCUT2D eigenvalue weighted by molar-refractivity contribution is 6.39. The Hall–Kier alpha value is -9.01. The van der Waals surface area contributed by atoms with E-state index in [0.717, 1.165) is 28.7 Å². The van der Waals surface area contributed by atoms with Gasteiger partial charge in [-0.25, -0.2) is 24.2 Å². The second-order valence-corrected chi connectivity index (χ2v) is 34.8. The highest BCUT2D eigenvalue weighted by Crippen LogP contribution is 2.38. The molecule has 128 heavy (non-hydrogen) atoms. The van der Waals surface area contributed by atoms with Crippen LogP contribution in [0.2, 0.25) is 0 Å². The number of nitrogens with two attached hydrogens (primary N) is 2. The number of aliphatic hydroxyl groups excluding tert-OH is 1. The first-order valence-corrected chi connectivity index (χ1v) is 45.8. The molecular formula is C94H136N12O22. The molecule has 3 aromatic heterocycles. The van der Waals surface area contributed by atoms with E-state index >= 15 is 0 Å². The van der Waals surface area contributed by atoms with Crippen LogP contribution in [0.3, 0.4) is 0 Å². The van der Waals surface area contributed by atoms with Crippen LogP contribution in [-0.2, 0) is 105 Å². The van der Waals surface area contributed by atoms with E-state index in [1.54, 1.807) is 34.3 Å². The summed E-state index contributed by atoms with van der Waals surface area (Å²) in [6.45, 7) is 17.6. The van der Waals surface area contributed by atoms with E-state index in [-0.39, 0.29) is 98.5 Å². The van der Waals surface area contributed by atoms with Crippen molar-refractivity contribution in [2.75, 3.05) is 151 Å². The quantitative estimate of drug-likeness (QED) is 0.00967. The van der Waals surface area contributed by atoms with Gasteiger partial charge in [0.05, 0.1) is 135 Å². The minimum absolute atomic E-state index is 0.0407. The number of piperidine rings is 2. The van der Waals surface area contributed by atoms with Gasteiger partial charge in [0.2, 0.25) is 17.6 Å². The highest BCUT2D eigenvalue weighted by atomic mass is 16.6. The number of aromatic nitrogens is 5. The number of alkyl carbamates (subject to hydrolysis) is 1. The molecule has 1 aliphatic carbocycles. The molecule has 2 bridgehead atoms. The number of amides is 4. The molecule has 4 fully saturated rings. The zero-order valence-electron chi connectivity index (χ0n) is 75.9. The largest absolute Gasteiger partial charge is 0.461 e. The minimum Gasteiger partial charge on any atom is -0.461 e. The van der Waals surface area contributed by atoms with Gasteiger partial charge in [0.25, 0.3) is 17.7 Å². The number of nitrogens with zero attached hydrogens (tertiary/aromatic N) is 8. The number of ether oxygens (including phenoxy) is 12. The number of Topliss-reactive ketones (excluding diaryl/α,β-unsaturated/α-hetero) is 2. The lowest BCUT2D eigenvalue weighted by atomic mass is 9.81. The summed E-state index contributed by atoms with van der Waals surface area (Å²) in [5.74, 6) is -5.45. The summed E-state index contributed by atoms with van der Waals surface area (Å²) in [6.07, 6.45) is 16.7. The number of fused-ring (bicyclic) bond motifs is 6. The maximum atomic E-state index is 14.7. The van der Waals surface area contributed by atoms with Gasteiger partial charge in [-0.15, -0.1) is 0 Å². The zero-order chi connectivity index (χ0) is 91.1. The van der Waals surface area contributed by atoms with Gasteiger partial charge in [-0.05, 0) is 162 Å². The molecule has 3 saturated heterocycles. The normalized spacial score (nSPS) is 27.0. The Morgan fingerprint density at radius 2 is 1.42 bits per heavy atom. The van der Waals surface area contributed by atoms with Gasteiger partial charge in [-0.2, -0.15) is 10.1 Å². The Bertz CT molecular complexity index is 4570. The van der Waals surface area contributed by atoms with Crippen LogP contribution in [-0.4, -0.2) is 291 Å². The van der Waals surface area contributed by atoms with E-state index in [2.05, 4.69) is 48.7 Å². The number of carbonyl (C=O) groups excluding carboxylic acids is 7. The van der Waals surface area contributed by atoms with Gasteiger partial charge >= 0.3 is 12.1 Å². The molecule has 704 valence electrons. The summed E-state index contributed by atoms with van der Waals surface area (Å²) < 4.78 is 77.9. The molecule has 5 aromatic rings. The molecular weight excluding hydrogens is 1650 g/mol. The maximum absolute atomic E-state index is 14.7. The SMILES string of the molecule is CO[C@H]1CC2CCC[C@@](O)(O2)C(=O)C(=O)N2CCCC[C@H]2C(=O)O[C@H](CC[C@@H]2CC[C@@H](OC(=O)NC3CCN(CC(=O)NCCOCCOCCOCCOCCOCCOCCC(=O)N4CCc5cc(Cn6nc(-c7ccc8oc(N)nc8c7)c7c(N)ncnc76)ccc5C4)CC3)[C@H](OC)C2)C[C@@H](OC)[C@H](C)/C=C(\C)[C@@H](O)CC(=O)[C@H](C)C[C@H](C)/C=C/C=C/C=C/1C. The highest BCUT2D eigenvalue weighted by Gasteiger charge is 2.50. The number of anilines is 2. The van der Waals surface area contributed by atoms with E-state index < -0.39 is 78.3 Å². The number of rotatable bonds is 34. The molecule has 6 aliphatic rings. The Labute approximate surface area is 750 Å². The maximum Gasteiger partial charge on any atom is 0.407 e. The van der Waals surface area contributed by atoms with Gasteiger partial charge in [-0.3, -0.25) is 28.9 Å². The number of esters is 1. The van der Waals surface area contributed by atoms with Crippen LogP contribution in [0.15, 0.2) is 94.7 Å². The number of cyclic esters (lactones) is 1. The summed E-state index contributed by atoms with van der Waals surface area (Å²) in [6, 6.07) is 10.7. The molecule has 11 rings (SSSR count). The van der Waals surface area contributed by atoms with Crippen LogP contribution >= 0.6 is 0 Å². The summed E-state index contributed by atoms with van der Waals surface area (Å²) in [5, 5.41) is 34.9. The van der Waals surface area contributed by atoms with Crippen LogP contribution in [0, 0.1) is 23.7 Å². The van der Waals surface area contributed by atoms with Gasteiger partial charge < -0.3 is 103 Å². The number of carbonyl (C=O) groups is 7. The third-order valence-corrected chi connectivity index (χ3v) is 25.3. The number of hydrogen-bond donors (Lipinski definition) is 6. The molecule has 2 aromatic carbocycles. The number of nitrogens with one attached hydrogen (secondary N) is 2. The van der Waals surface area contributed by atoms with Crippen molar-refractivity contribution in [3.63, 3.8) is 0 Å². The van der Waals surface area contributed by atoms with Gasteiger partial charge in [-0.1, -0.05) is 75.4 Å². The molecule has 8 heterocycles. The minimum atomic E-state index is -2.40. The van der Waals surface area contributed by atoms with Crippen molar-refractivity contribution < 1.29 is 105 Å². The van der Waals surface area contributed by atoms with Crippen molar-refractivity contribution in [3.8, 4) is 11.3 Å². The summed E-state index contributed by atoms with van der Waals surface area (Å²) in [7, 11) is 4.76. The summed E-state index contributed by atoms with van der Waals surface area (Å²) in [4.78, 5) is 115. The Balaban J connectivity index is 0.515. The van der Waals surface area contributed by atoms with Crippen molar-refractivity contribution in [1.29, 1.82) is 0 Å². The van der Waals surface area contributed by atoms with Gasteiger partial charge in [0.1, 0.15) is 47.4 Å². The third kappa shape index (κ3) is 29.5. The standard InChI is InChI=1S/C94H136N12O22/c1-61-15-10-9-11-16-62(2)80(116-6)55-73-17-14-31-94(115,128-73)87(111)90(112)105-33-13-12-18-75(105)91(113)125-72(54-81(117-7)65(5)50-64(4)77(108)56-76(107)63(3)49-61)24-20-66-21-25-79(82(52-66)118-8)127-93(114)100-71-28-34-103(35-29-71)59-83(109)97-32-38-120-40-42-122-44-46-124-48-47-123-45-43-121-41-39-119-37-30-84(110)104-36-27-68-51-67(19-22-70(68)58-104)57-106-89-85(88(95)98-60-99-89)86(102-106)69-23-26-78-74(53-69)101-92(96)126-78/h9-11,15-16,19,22-23,26,50-51,53,60-61,63,65-66,71-73,75,77,79-82,108,115H,12-14,17-18,20-21,24-25,27-49,52,54-59H2,1-8H3,(H2,96,101)(H,97,109)(H,100,114)(H2,95,98,99)/b11-9+,15-10+,62-16+,64-50+/t61-,63-,65-,66-,72-,73?,75+,77+,79-,80+,81-,82-,94-/m1/s1. The van der Waals surface area contributed by atoms with Gasteiger partial charge in [0, 0.05) is 110 Å². The van der Waals surface area contributed by atoms with E-state index in [0.29, 0.717) is 241 Å². The number of ketones is 2. The van der Waals surface area contributed by atoms with Crippen LogP contribution in [0.1, 0.15) is 167 Å². The summed E-state index contributed by atoms with van der Waals surface area (Å²) in [5.41, 5.74) is 20.2. The van der Waals surface area contributed by atoms with E-state index in [9.17, 15) is 43.8 Å². The number of nitrogen functional groups attached to an aromatic ring is 2. The fraction of sp³-hybridized carbons (Fsp3) is 0.649. The Morgan fingerprint density at radius 3 is 2.14 bits per heavy atom. The van der Waals surface area contributed by atoms with Crippen LogP contribution in [0.25, 0.3) is 33.4 Å². The second-order valence-electron chi connectivity index (χ2n) is 34.8. The number of aliphatic hydroxyl groups is 2. The van der Waals surface area contributed by atoms with Crippen LogP contribution < -0.4 is 22.1 Å². The molecule has 4 amide bonds. The van der Waals surface area contributed by atoms with E-state index in [1.807, 2.05) is 85.9 Å². The van der Waals surface area contributed by atoms with Crippen molar-refractivity contribution in [2.24, 2.45) is 23.7 Å². The number of likely N-dealkylation sites (tertiary alicyclic amines) is 1. The van der Waals surface area contributed by atoms with Crippen molar-refractivity contribution in [1.82, 2.24) is 50.1 Å². The fourth-order valence-electron chi connectivity index (χ4n) is 17.9. The predicted octanol–water partition coefficient (Wildman–Crippen LogP) is 9.06. The predicted molar refractivity (Wildman–Crippen MR) is 477 cm³/mol. The zero-order valence-corrected chi connectivity index (χ0v) is 75.9. The van der Waals surface area contributed by atoms with E-state index in [1.165, 1.54) is 16.8 Å². The monoisotopic (exact) mass is 1780 g/mol. The molecule has 34 heteroatoms. The van der Waals surface area contributed by atoms with Gasteiger partial charge in [0.15, 0.2) is 11.2 Å². The smallest absolute Gasteiger partial charge is 0.407 e. The number of hydrogen-bond acceptors (Lipinski definition) is 29. The van der Waals surface area contributed by atoms with Crippen molar-refractivity contribution >= 4 is 75.3 Å². The lowest BCUT2D eigenvalue weighted by Crippen LogP contribution is -2.58. The van der Waals surface area contributed by atoms with E-state index in [4.69, 9.17) is 77.8 Å². The first kappa shape index (κ1) is 99.6. The molecule has 0 spiro atoms. The van der Waals surface area contributed by atoms with Crippen LogP contribution in [0.4, 0.5) is 16.6 Å². The van der Waals surface area contributed by atoms with Crippen LogP contribution in [0.5, 0.6) is 0 Å². The number of benzene rings is 2. The Morgan fingerprint density at radius 1 is 0.703 bits per heavy atom. The second kappa shape index (κ2) is 50.4. The molecule has 34 nitrogen and oxygen atoms in total. The first-order chi connectivity index (χ1) is 61.8. The Kier molecular flexibility index (Phi) is 39.2. The molecule has 1 saturated carbocycles.